The summed E-state index contributed by atoms with van der Waals surface area (Å²) >= 11 is 0. The van der Waals surface area contributed by atoms with Crippen molar-refractivity contribution in [3.05, 3.63) is 90.2 Å². The SMILES string of the molecule is [C-]#[N+]c1cc2c(Oc3ccc(NC(=O)Nc4ccc(F)cc4)cc3)ccnc2cc1OCCN1CCN=N1. The molecule has 2 amide bonds. The van der Waals surface area contributed by atoms with Crippen molar-refractivity contribution in [2.75, 3.05) is 36.9 Å². The van der Waals surface area contributed by atoms with Crippen LogP contribution in [-0.2, 0) is 0 Å². The molecule has 0 atom stereocenters. The van der Waals surface area contributed by atoms with Crippen LogP contribution >= 0.6 is 0 Å². The first kappa shape index (κ1) is 24.5. The van der Waals surface area contributed by atoms with Crippen molar-refractivity contribution in [1.82, 2.24) is 9.99 Å². The van der Waals surface area contributed by atoms with Gasteiger partial charge in [0.1, 0.15) is 29.7 Å². The lowest BCUT2D eigenvalue weighted by Crippen LogP contribution is -2.22. The average Bonchev–Trinajstić information content (AvgIpc) is 3.44. The molecule has 0 aliphatic carbocycles. The van der Waals surface area contributed by atoms with Crippen LogP contribution in [0.25, 0.3) is 15.7 Å². The molecule has 0 saturated carbocycles. The van der Waals surface area contributed by atoms with Gasteiger partial charge in [-0.1, -0.05) is 5.22 Å². The van der Waals surface area contributed by atoms with Crippen molar-refractivity contribution in [2.24, 2.45) is 10.3 Å². The van der Waals surface area contributed by atoms with Crippen LogP contribution in [0.3, 0.4) is 0 Å². The fourth-order valence-corrected chi connectivity index (χ4v) is 3.75. The Hall–Kier alpha value is -5.24. The minimum atomic E-state index is -0.458. The molecular weight excluding hydrogens is 489 g/mol. The Morgan fingerprint density at radius 2 is 1.76 bits per heavy atom. The van der Waals surface area contributed by atoms with Gasteiger partial charge in [0.25, 0.3) is 0 Å². The van der Waals surface area contributed by atoms with Gasteiger partial charge in [-0.3, -0.25) is 9.99 Å². The summed E-state index contributed by atoms with van der Waals surface area (Å²) in [6.07, 6.45) is 1.62. The zero-order chi connectivity index (χ0) is 26.3. The van der Waals surface area contributed by atoms with Crippen LogP contribution in [0.2, 0.25) is 0 Å². The highest BCUT2D eigenvalue weighted by atomic mass is 19.1. The van der Waals surface area contributed by atoms with E-state index in [-0.39, 0.29) is 5.82 Å². The molecule has 0 fully saturated rings. The van der Waals surface area contributed by atoms with Gasteiger partial charge in [-0.2, -0.15) is 5.11 Å². The molecule has 0 radical (unpaired) electrons. The number of pyridine rings is 1. The number of carbonyl (C=O) groups is 1. The molecule has 5 rings (SSSR count). The Morgan fingerprint density at radius 3 is 2.45 bits per heavy atom. The number of hydrogen-bond acceptors (Lipinski definition) is 7. The zero-order valence-electron chi connectivity index (χ0n) is 20.1. The number of benzene rings is 3. The molecule has 0 saturated heterocycles. The summed E-state index contributed by atoms with van der Waals surface area (Å²) in [5, 5.41) is 15.8. The molecule has 0 bridgehead atoms. The van der Waals surface area contributed by atoms with Gasteiger partial charge in [-0.25, -0.2) is 14.0 Å². The number of carbonyl (C=O) groups excluding carboxylic acids is 1. The lowest BCUT2D eigenvalue weighted by Gasteiger charge is -2.15. The van der Waals surface area contributed by atoms with E-state index in [1.165, 1.54) is 24.3 Å². The molecular formula is C27H22FN7O3. The number of nitrogens with zero attached hydrogens (tertiary/aromatic N) is 5. The molecule has 2 heterocycles. The van der Waals surface area contributed by atoms with Crippen LogP contribution < -0.4 is 20.1 Å². The summed E-state index contributed by atoms with van der Waals surface area (Å²) in [6, 6.07) is 17.0. The van der Waals surface area contributed by atoms with E-state index in [1.54, 1.807) is 48.7 Å². The van der Waals surface area contributed by atoms with E-state index in [0.29, 0.717) is 64.9 Å². The van der Waals surface area contributed by atoms with Crippen molar-refractivity contribution in [3.63, 3.8) is 0 Å². The summed E-state index contributed by atoms with van der Waals surface area (Å²) in [4.78, 5) is 20.2. The van der Waals surface area contributed by atoms with Crippen LogP contribution in [0.5, 0.6) is 17.2 Å². The first-order chi connectivity index (χ1) is 18.6. The molecule has 2 N–H and O–H groups in total. The van der Waals surface area contributed by atoms with Gasteiger partial charge in [0, 0.05) is 23.0 Å². The largest absolute Gasteiger partial charge is 0.503 e. The first-order valence-electron chi connectivity index (χ1n) is 11.7. The highest BCUT2D eigenvalue weighted by molar-refractivity contribution is 5.99. The summed E-state index contributed by atoms with van der Waals surface area (Å²) in [7, 11) is 0. The van der Waals surface area contributed by atoms with E-state index in [2.05, 4.69) is 30.8 Å². The Bertz CT molecular complexity index is 1520. The van der Waals surface area contributed by atoms with Gasteiger partial charge < -0.3 is 20.1 Å². The van der Waals surface area contributed by atoms with Gasteiger partial charge in [0.05, 0.1) is 31.7 Å². The number of ether oxygens (including phenoxy) is 2. The molecule has 3 aromatic carbocycles. The molecule has 11 heteroatoms. The predicted molar refractivity (Wildman–Crippen MR) is 140 cm³/mol. The molecule has 0 spiro atoms. The average molecular weight is 512 g/mol. The van der Waals surface area contributed by atoms with Crippen LogP contribution in [-0.4, -0.2) is 42.3 Å². The highest BCUT2D eigenvalue weighted by Crippen LogP contribution is 2.37. The highest BCUT2D eigenvalue weighted by Gasteiger charge is 2.13. The topological polar surface area (TPSA) is 105 Å². The molecule has 4 aromatic rings. The minimum Gasteiger partial charge on any atom is -0.503 e. The summed E-state index contributed by atoms with van der Waals surface area (Å²) in [5.74, 6) is 1.13. The lowest BCUT2D eigenvalue weighted by molar-refractivity contribution is 0.230. The van der Waals surface area contributed by atoms with Crippen molar-refractivity contribution >= 4 is 34.0 Å². The molecule has 190 valence electrons. The van der Waals surface area contributed by atoms with Crippen LogP contribution in [0, 0.1) is 12.4 Å². The normalized spacial score (nSPS) is 12.3. The van der Waals surface area contributed by atoms with E-state index >= 15 is 0 Å². The van der Waals surface area contributed by atoms with Crippen molar-refractivity contribution in [1.29, 1.82) is 0 Å². The first-order valence-corrected chi connectivity index (χ1v) is 11.7. The number of anilines is 2. The minimum absolute atomic E-state index is 0.352. The van der Waals surface area contributed by atoms with Crippen molar-refractivity contribution < 1.29 is 18.7 Å². The second-order valence-corrected chi connectivity index (χ2v) is 8.23. The molecule has 10 nitrogen and oxygen atoms in total. The maximum atomic E-state index is 13.0. The number of aromatic nitrogens is 1. The van der Waals surface area contributed by atoms with Gasteiger partial charge in [-0.05, 0) is 66.7 Å². The molecule has 1 aromatic heterocycles. The number of urea groups is 1. The number of halogens is 1. The Kier molecular flexibility index (Phi) is 7.22. The van der Waals surface area contributed by atoms with E-state index in [0.717, 1.165) is 6.54 Å². The fraction of sp³-hybridized carbons (Fsp3) is 0.148. The Morgan fingerprint density at radius 1 is 1.03 bits per heavy atom. The van der Waals surface area contributed by atoms with Crippen LogP contribution in [0.4, 0.5) is 26.2 Å². The van der Waals surface area contributed by atoms with E-state index in [9.17, 15) is 9.18 Å². The summed E-state index contributed by atoms with van der Waals surface area (Å²) < 4.78 is 25.0. The van der Waals surface area contributed by atoms with Gasteiger partial charge >= 0.3 is 6.03 Å². The van der Waals surface area contributed by atoms with Crippen LogP contribution in [0.1, 0.15) is 0 Å². The van der Waals surface area contributed by atoms with Crippen LogP contribution in [0.15, 0.2) is 83.3 Å². The third-order valence-electron chi connectivity index (χ3n) is 5.60. The van der Waals surface area contributed by atoms with Crippen molar-refractivity contribution in [3.8, 4) is 17.2 Å². The molecule has 38 heavy (non-hydrogen) atoms. The van der Waals surface area contributed by atoms with E-state index in [1.807, 2.05) is 5.01 Å². The third-order valence-corrected chi connectivity index (χ3v) is 5.60. The maximum Gasteiger partial charge on any atom is 0.323 e. The smallest absolute Gasteiger partial charge is 0.323 e. The fourth-order valence-electron chi connectivity index (χ4n) is 3.75. The predicted octanol–water partition coefficient (Wildman–Crippen LogP) is 6.42. The number of amides is 2. The monoisotopic (exact) mass is 511 g/mol. The lowest BCUT2D eigenvalue weighted by atomic mass is 10.1. The number of hydrogen-bond donors (Lipinski definition) is 2. The number of nitrogens with one attached hydrogen (secondary N) is 2. The maximum absolute atomic E-state index is 13.0. The standard InChI is InChI=1S/C27H22FN7O3/c1-29-24-16-22-23(17-26(24)37-15-14-35-13-12-31-34-35)30-11-10-25(22)38-21-8-6-20(7-9-21)33-27(36)32-19-4-2-18(28)3-5-19/h2-11,16-17H,12-15H2,(H2,32,33,36). The van der Waals surface area contributed by atoms with Gasteiger partial charge in [-0.15, -0.1) is 0 Å². The van der Waals surface area contributed by atoms with Gasteiger partial charge in [0.15, 0.2) is 0 Å². The Balaban J connectivity index is 1.25. The van der Waals surface area contributed by atoms with Crippen molar-refractivity contribution in [2.45, 2.75) is 0 Å². The second-order valence-electron chi connectivity index (χ2n) is 8.23. The van der Waals surface area contributed by atoms with E-state index < -0.39 is 6.03 Å². The molecule has 1 aliphatic rings. The molecule has 0 unspecified atom stereocenters. The third kappa shape index (κ3) is 5.93. The van der Waals surface area contributed by atoms with Gasteiger partial charge in [0.2, 0.25) is 5.69 Å². The number of rotatable bonds is 8. The summed E-state index contributed by atoms with van der Waals surface area (Å²) in [6.45, 7) is 9.99. The second kappa shape index (κ2) is 11.2. The Labute approximate surface area is 217 Å². The zero-order valence-corrected chi connectivity index (χ0v) is 20.1. The number of fused-ring (bicyclic) bond motifs is 1. The molecule has 1 aliphatic heterocycles. The summed E-state index contributed by atoms with van der Waals surface area (Å²) in [5.41, 5.74) is 1.99. The quantitative estimate of drug-likeness (QED) is 0.266. The van der Waals surface area contributed by atoms with E-state index in [4.69, 9.17) is 16.0 Å².